The molecule has 1 fully saturated rings. The van der Waals surface area contributed by atoms with Gasteiger partial charge in [0.25, 0.3) is 0 Å². The van der Waals surface area contributed by atoms with Gasteiger partial charge in [-0.2, -0.15) is 0 Å². The second-order valence-electron chi connectivity index (χ2n) is 7.62. The van der Waals surface area contributed by atoms with Crippen LogP contribution in [-0.2, 0) is 22.1 Å². The minimum Gasteiger partial charge on any atom is -0.400 e. The van der Waals surface area contributed by atoms with E-state index < -0.39 is 18.1 Å². The van der Waals surface area contributed by atoms with E-state index in [2.05, 4.69) is 10.6 Å². The van der Waals surface area contributed by atoms with Crippen molar-refractivity contribution in [3.63, 3.8) is 0 Å². The first-order valence-corrected chi connectivity index (χ1v) is 15.2. The van der Waals surface area contributed by atoms with E-state index in [4.69, 9.17) is 27.9 Å². The zero-order valence-corrected chi connectivity index (χ0v) is 22.3. The van der Waals surface area contributed by atoms with Crippen molar-refractivity contribution in [2.75, 3.05) is 61.7 Å². The highest BCUT2D eigenvalue weighted by Crippen LogP contribution is 2.18. The van der Waals surface area contributed by atoms with Gasteiger partial charge in [0.2, 0.25) is 0 Å². The summed E-state index contributed by atoms with van der Waals surface area (Å²) in [6.07, 6.45) is 10.2. The van der Waals surface area contributed by atoms with Crippen LogP contribution in [0.15, 0.2) is 0 Å². The molecule has 30 heavy (non-hydrogen) atoms. The van der Waals surface area contributed by atoms with Crippen LogP contribution in [0.3, 0.4) is 0 Å². The Labute approximate surface area is 188 Å². The first-order chi connectivity index (χ1) is 14.6. The van der Waals surface area contributed by atoms with Gasteiger partial charge in [-0.05, 0) is 44.8 Å². The molecule has 0 radical (unpaired) electrons. The Morgan fingerprint density at radius 2 is 1.47 bits per heavy atom. The van der Waals surface area contributed by atoms with Crippen molar-refractivity contribution in [3.8, 4) is 0 Å². The summed E-state index contributed by atoms with van der Waals surface area (Å²) < 4.78 is 26.6. The van der Waals surface area contributed by atoms with Gasteiger partial charge < -0.3 is 38.5 Å². The maximum Gasteiger partial charge on any atom is 0.500 e. The predicted molar refractivity (Wildman–Crippen MR) is 128 cm³/mol. The van der Waals surface area contributed by atoms with Crippen LogP contribution in [-0.4, -0.2) is 85.9 Å². The lowest BCUT2D eigenvalue weighted by Gasteiger charge is -2.26. The molecule has 1 rings (SSSR count). The normalized spacial score (nSPS) is 15.3. The summed E-state index contributed by atoms with van der Waals surface area (Å²) in [5, 5.41) is 6.88. The topological polar surface area (TPSA) is 96.2 Å². The molecule has 1 saturated carbocycles. The molecule has 0 unspecified atom stereocenters. The maximum absolute atomic E-state index is 5.39. The van der Waals surface area contributed by atoms with Crippen LogP contribution in [0.2, 0.25) is 12.1 Å². The average Bonchev–Trinajstić information content (AvgIpc) is 2.80. The maximum atomic E-state index is 5.39. The molecular formula is C20H49N3O5Si2. The minimum absolute atomic E-state index is 0.716. The molecule has 4 N–H and O–H groups in total. The summed E-state index contributed by atoms with van der Waals surface area (Å²) in [5.74, 6) is 0. The van der Waals surface area contributed by atoms with Gasteiger partial charge in [-0.25, -0.2) is 0 Å². The van der Waals surface area contributed by atoms with Crippen LogP contribution in [0, 0.1) is 0 Å². The van der Waals surface area contributed by atoms with Gasteiger partial charge in [0.05, 0.1) is 0 Å². The second-order valence-corrected chi connectivity index (χ2v) is 13.1. The summed E-state index contributed by atoms with van der Waals surface area (Å²) in [6.45, 7) is 3.71. The number of unbranched alkanes of at least 4 members (excludes halogenated alkanes) is 1. The van der Waals surface area contributed by atoms with Crippen LogP contribution in [0.4, 0.5) is 0 Å². The smallest absolute Gasteiger partial charge is 0.400 e. The van der Waals surface area contributed by atoms with E-state index in [1.807, 2.05) is 0 Å². The standard InChI is InChI=1S/C12H27NO3Si.C8H22N2O2Si/c1-14-17(15-2,16-3)11-7-10-13-12-8-5-4-6-9-12;1-11-13(12-2)8-4-3-6-10-7-5-9/h12-13H,4-11H2,1-3H3;10,13H,3-9H2,1-2H3. The summed E-state index contributed by atoms with van der Waals surface area (Å²) >= 11 is 0. The van der Waals surface area contributed by atoms with Crippen molar-refractivity contribution in [1.29, 1.82) is 0 Å². The fourth-order valence-corrected chi connectivity index (χ4v) is 6.60. The monoisotopic (exact) mass is 467 g/mol. The van der Waals surface area contributed by atoms with Crippen molar-refractivity contribution in [3.05, 3.63) is 0 Å². The summed E-state index contributed by atoms with van der Waals surface area (Å²) in [7, 11) is 4.83. The van der Waals surface area contributed by atoms with Crippen LogP contribution < -0.4 is 16.4 Å². The van der Waals surface area contributed by atoms with Gasteiger partial charge in [-0.15, -0.1) is 0 Å². The first-order valence-electron chi connectivity index (χ1n) is 11.5. The number of hydrogen-bond donors (Lipinski definition) is 3. The largest absolute Gasteiger partial charge is 0.500 e. The Morgan fingerprint density at radius 3 is 2.00 bits per heavy atom. The van der Waals surface area contributed by atoms with E-state index in [1.54, 1.807) is 35.5 Å². The molecule has 0 heterocycles. The number of nitrogens with one attached hydrogen (secondary N) is 2. The molecule has 0 aromatic rings. The molecule has 10 heteroatoms. The lowest BCUT2D eigenvalue weighted by molar-refractivity contribution is 0.123. The molecule has 0 atom stereocenters. The predicted octanol–water partition coefficient (Wildman–Crippen LogP) is 2.01. The highest BCUT2D eigenvalue weighted by atomic mass is 28.4. The molecule has 1 aliphatic rings. The van der Waals surface area contributed by atoms with Crippen LogP contribution in [0.25, 0.3) is 0 Å². The Hall–Kier alpha value is 0.114. The zero-order valence-electron chi connectivity index (χ0n) is 20.2. The van der Waals surface area contributed by atoms with Crippen molar-refractivity contribution in [2.24, 2.45) is 5.73 Å². The third-order valence-electron chi connectivity index (χ3n) is 5.52. The van der Waals surface area contributed by atoms with E-state index in [0.717, 1.165) is 44.2 Å². The quantitative estimate of drug-likeness (QED) is 0.221. The van der Waals surface area contributed by atoms with Crippen molar-refractivity contribution < 1.29 is 22.1 Å². The molecule has 8 nitrogen and oxygen atoms in total. The highest BCUT2D eigenvalue weighted by molar-refractivity contribution is 6.60. The van der Waals surface area contributed by atoms with Crippen LogP contribution >= 0.6 is 0 Å². The Kier molecular flexibility index (Phi) is 21.1. The first kappa shape index (κ1) is 30.1. The Bertz CT molecular complexity index is 351. The molecule has 182 valence electrons. The molecule has 0 saturated heterocycles. The van der Waals surface area contributed by atoms with Crippen molar-refractivity contribution in [2.45, 2.75) is 69.5 Å². The van der Waals surface area contributed by atoms with Crippen molar-refractivity contribution >= 4 is 18.1 Å². The van der Waals surface area contributed by atoms with E-state index in [-0.39, 0.29) is 0 Å². The second kappa shape index (κ2) is 21.0. The fourth-order valence-electron chi connectivity index (χ4n) is 3.59. The molecule has 0 amide bonds. The van der Waals surface area contributed by atoms with E-state index in [1.165, 1.54) is 44.9 Å². The van der Waals surface area contributed by atoms with Gasteiger partial charge in [0.15, 0.2) is 0 Å². The number of rotatable bonds is 17. The summed E-state index contributed by atoms with van der Waals surface area (Å²) in [5.41, 5.74) is 5.34. The third kappa shape index (κ3) is 15.0. The summed E-state index contributed by atoms with van der Waals surface area (Å²) in [4.78, 5) is 0. The molecule has 0 aromatic carbocycles. The van der Waals surface area contributed by atoms with Gasteiger partial charge in [0.1, 0.15) is 0 Å². The molecule has 0 bridgehead atoms. The molecular weight excluding hydrogens is 418 g/mol. The van der Waals surface area contributed by atoms with Crippen molar-refractivity contribution in [1.82, 2.24) is 10.6 Å². The fraction of sp³-hybridized carbons (Fsp3) is 1.00. The Morgan fingerprint density at radius 1 is 0.833 bits per heavy atom. The average molecular weight is 468 g/mol. The van der Waals surface area contributed by atoms with Gasteiger partial charge >= 0.3 is 18.1 Å². The molecule has 0 aromatic heterocycles. The number of hydrogen-bond acceptors (Lipinski definition) is 8. The van der Waals surface area contributed by atoms with Crippen LogP contribution in [0.1, 0.15) is 51.4 Å². The van der Waals surface area contributed by atoms with E-state index >= 15 is 0 Å². The van der Waals surface area contributed by atoms with Gasteiger partial charge in [0, 0.05) is 60.7 Å². The summed E-state index contributed by atoms with van der Waals surface area (Å²) in [6, 6.07) is 2.71. The molecule has 1 aliphatic carbocycles. The van der Waals surface area contributed by atoms with E-state index in [9.17, 15) is 0 Å². The Balaban J connectivity index is 0.000000584. The zero-order chi connectivity index (χ0) is 22.5. The van der Waals surface area contributed by atoms with E-state index in [0.29, 0.717) is 6.54 Å². The SMILES string of the molecule is CO[SiH](CCCCNCCN)OC.CO[Si](CCCNC1CCCCC1)(OC)OC. The highest BCUT2D eigenvalue weighted by Gasteiger charge is 2.36. The van der Waals surface area contributed by atoms with Gasteiger partial charge in [-0.3, -0.25) is 0 Å². The third-order valence-corrected chi connectivity index (χ3v) is 10.3. The molecule has 0 spiro atoms. The lowest BCUT2D eigenvalue weighted by Crippen LogP contribution is -2.43. The van der Waals surface area contributed by atoms with Gasteiger partial charge in [-0.1, -0.05) is 25.7 Å². The number of nitrogens with two attached hydrogens (primary N) is 1. The lowest BCUT2D eigenvalue weighted by atomic mass is 9.95. The molecule has 0 aliphatic heterocycles. The van der Waals surface area contributed by atoms with Crippen LogP contribution in [0.5, 0.6) is 0 Å². The minimum atomic E-state index is -2.34.